The van der Waals surface area contributed by atoms with Crippen LogP contribution < -0.4 is 5.32 Å². The molecule has 0 aromatic heterocycles. The van der Waals surface area contributed by atoms with Crippen molar-refractivity contribution in [3.8, 4) is 0 Å². The smallest absolute Gasteiger partial charge is 0.321 e. The van der Waals surface area contributed by atoms with E-state index in [2.05, 4.69) is 5.32 Å². The summed E-state index contributed by atoms with van der Waals surface area (Å²) in [6.45, 7) is 0. The van der Waals surface area contributed by atoms with Crippen LogP contribution in [0.15, 0.2) is 18.2 Å². The Morgan fingerprint density at radius 2 is 1.84 bits per heavy atom. The van der Waals surface area contributed by atoms with Gasteiger partial charge in [-0.2, -0.15) is 0 Å². The number of halogens is 2. The molecule has 8 heteroatoms. The van der Waals surface area contributed by atoms with E-state index in [9.17, 15) is 22.0 Å². The van der Waals surface area contributed by atoms with Gasteiger partial charge in [-0.15, -0.1) is 0 Å². The van der Waals surface area contributed by atoms with E-state index < -0.39 is 56.6 Å². The largest absolute Gasteiger partial charge is 0.480 e. The fourth-order valence-electron chi connectivity index (χ4n) is 2.07. The molecule has 1 heterocycles. The molecular formula is C11H11F2NO4S. The highest BCUT2D eigenvalue weighted by molar-refractivity contribution is 7.91. The van der Waals surface area contributed by atoms with E-state index in [1.165, 1.54) is 0 Å². The topological polar surface area (TPSA) is 83.5 Å². The molecule has 0 bridgehead atoms. The van der Waals surface area contributed by atoms with Crippen LogP contribution >= 0.6 is 0 Å². The van der Waals surface area contributed by atoms with Crippen molar-refractivity contribution in [1.29, 1.82) is 0 Å². The Balaban J connectivity index is 2.42. The predicted octanol–water partition coefficient (Wildman–Crippen LogP) is 0.477. The van der Waals surface area contributed by atoms with Crippen molar-refractivity contribution < 1.29 is 27.1 Å². The number of nitrogens with one attached hydrogen (secondary N) is 1. The zero-order valence-corrected chi connectivity index (χ0v) is 10.5. The van der Waals surface area contributed by atoms with Crippen LogP contribution in [0.25, 0.3) is 0 Å². The Hall–Kier alpha value is -1.54. The highest BCUT2D eigenvalue weighted by Gasteiger charge is 2.37. The predicted molar refractivity (Wildman–Crippen MR) is 62.3 cm³/mol. The van der Waals surface area contributed by atoms with Crippen LogP contribution in [0.2, 0.25) is 0 Å². The lowest BCUT2D eigenvalue weighted by Gasteiger charge is -2.29. The summed E-state index contributed by atoms with van der Waals surface area (Å²) in [7, 11) is -3.68. The zero-order valence-electron chi connectivity index (χ0n) is 9.64. The van der Waals surface area contributed by atoms with Gasteiger partial charge in [0.05, 0.1) is 17.5 Å². The zero-order chi connectivity index (χ0) is 14.2. The SMILES string of the molecule is O=C(O)C1CS(=O)(=O)CC(c2c(F)cccc2F)N1. The maximum absolute atomic E-state index is 13.6. The van der Waals surface area contributed by atoms with Gasteiger partial charge in [0.25, 0.3) is 0 Å². The third kappa shape index (κ3) is 2.90. The molecule has 2 atom stereocenters. The standard InChI is InChI=1S/C11H11F2NO4S/c12-6-2-1-3-7(13)10(6)8-4-19(17,18)5-9(14-8)11(15)16/h1-3,8-9,14H,4-5H2,(H,15,16). The summed E-state index contributed by atoms with van der Waals surface area (Å²) < 4.78 is 50.4. The minimum absolute atomic E-state index is 0.447. The van der Waals surface area contributed by atoms with Crippen LogP contribution in [0, 0.1) is 11.6 Å². The van der Waals surface area contributed by atoms with Gasteiger partial charge in [0.1, 0.15) is 17.7 Å². The molecule has 0 aliphatic carbocycles. The molecule has 1 aromatic rings. The number of hydrogen-bond donors (Lipinski definition) is 2. The lowest BCUT2D eigenvalue weighted by atomic mass is 10.1. The maximum Gasteiger partial charge on any atom is 0.321 e. The molecule has 1 aliphatic rings. The lowest BCUT2D eigenvalue weighted by molar-refractivity contribution is -0.139. The number of carbonyl (C=O) groups is 1. The number of hydrogen-bond acceptors (Lipinski definition) is 4. The summed E-state index contributed by atoms with van der Waals surface area (Å²) in [5.74, 6) is -4.30. The van der Waals surface area contributed by atoms with Crippen LogP contribution in [0.4, 0.5) is 8.78 Å². The molecule has 2 rings (SSSR count). The molecule has 1 saturated heterocycles. The van der Waals surface area contributed by atoms with E-state index in [4.69, 9.17) is 5.11 Å². The van der Waals surface area contributed by atoms with Gasteiger partial charge in [-0.25, -0.2) is 17.2 Å². The molecule has 2 unspecified atom stereocenters. The van der Waals surface area contributed by atoms with Crippen molar-refractivity contribution in [2.45, 2.75) is 12.1 Å². The first-order valence-corrected chi connectivity index (χ1v) is 7.25. The van der Waals surface area contributed by atoms with Gasteiger partial charge in [0, 0.05) is 5.56 Å². The van der Waals surface area contributed by atoms with E-state index in [0.29, 0.717) is 0 Å². The Bertz CT molecular complexity index is 597. The Morgan fingerprint density at radius 3 is 2.37 bits per heavy atom. The second kappa shape index (κ2) is 4.86. The molecule has 19 heavy (non-hydrogen) atoms. The molecule has 1 aliphatic heterocycles. The van der Waals surface area contributed by atoms with Crippen molar-refractivity contribution in [2.24, 2.45) is 0 Å². The minimum atomic E-state index is -3.68. The highest BCUT2D eigenvalue weighted by Crippen LogP contribution is 2.25. The summed E-state index contributed by atoms with van der Waals surface area (Å²) >= 11 is 0. The number of rotatable bonds is 2. The number of aliphatic carboxylic acids is 1. The van der Waals surface area contributed by atoms with Crippen molar-refractivity contribution in [1.82, 2.24) is 5.32 Å². The van der Waals surface area contributed by atoms with Crippen molar-refractivity contribution >= 4 is 15.8 Å². The van der Waals surface area contributed by atoms with E-state index >= 15 is 0 Å². The number of carboxylic acids is 1. The van der Waals surface area contributed by atoms with Crippen LogP contribution in [-0.4, -0.2) is 37.0 Å². The van der Waals surface area contributed by atoms with Gasteiger partial charge in [-0.1, -0.05) is 6.07 Å². The van der Waals surface area contributed by atoms with Crippen LogP contribution in [0.5, 0.6) is 0 Å². The second-order valence-electron chi connectivity index (χ2n) is 4.32. The number of sulfone groups is 1. The quantitative estimate of drug-likeness (QED) is 0.828. The van der Waals surface area contributed by atoms with E-state index in [0.717, 1.165) is 18.2 Å². The fraction of sp³-hybridized carbons (Fsp3) is 0.364. The number of carboxylic acid groups (broad SMARTS) is 1. The summed E-state index contributed by atoms with van der Waals surface area (Å²) in [5, 5.41) is 11.3. The molecule has 0 radical (unpaired) electrons. The highest BCUT2D eigenvalue weighted by atomic mass is 32.2. The summed E-state index contributed by atoms with van der Waals surface area (Å²) in [4.78, 5) is 10.9. The van der Waals surface area contributed by atoms with Crippen molar-refractivity contribution in [2.75, 3.05) is 11.5 Å². The van der Waals surface area contributed by atoms with Gasteiger partial charge < -0.3 is 5.11 Å². The maximum atomic E-state index is 13.6. The van der Waals surface area contributed by atoms with Crippen LogP contribution in [-0.2, 0) is 14.6 Å². The molecule has 2 N–H and O–H groups in total. The Labute approximate surface area is 108 Å². The van der Waals surface area contributed by atoms with E-state index in [1.807, 2.05) is 0 Å². The van der Waals surface area contributed by atoms with Gasteiger partial charge in [0.15, 0.2) is 9.84 Å². The normalized spacial score (nSPS) is 26.0. The third-order valence-electron chi connectivity index (χ3n) is 2.89. The minimum Gasteiger partial charge on any atom is -0.480 e. The van der Waals surface area contributed by atoms with E-state index in [1.54, 1.807) is 0 Å². The van der Waals surface area contributed by atoms with Crippen molar-refractivity contribution in [3.63, 3.8) is 0 Å². The first-order chi connectivity index (χ1) is 8.80. The molecule has 5 nitrogen and oxygen atoms in total. The van der Waals surface area contributed by atoms with Gasteiger partial charge in [-0.05, 0) is 12.1 Å². The fourth-order valence-corrected chi connectivity index (χ4v) is 3.72. The first kappa shape index (κ1) is 13.9. The average molecular weight is 291 g/mol. The number of benzene rings is 1. The first-order valence-electron chi connectivity index (χ1n) is 5.43. The van der Waals surface area contributed by atoms with Crippen LogP contribution in [0.1, 0.15) is 11.6 Å². The van der Waals surface area contributed by atoms with Gasteiger partial charge in [-0.3, -0.25) is 10.1 Å². The average Bonchev–Trinajstić information content (AvgIpc) is 2.26. The van der Waals surface area contributed by atoms with E-state index in [-0.39, 0.29) is 0 Å². The summed E-state index contributed by atoms with van der Waals surface area (Å²) in [6, 6.07) is 0.567. The molecular weight excluding hydrogens is 280 g/mol. The second-order valence-corrected chi connectivity index (χ2v) is 6.48. The molecule has 1 fully saturated rings. The monoisotopic (exact) mass is 291 g/mol. The molecule has 0 saturated carbocycles. The Kier molecular flexibility index (Phi) is 3.55. The summed E-state index contributed by atoms with van der Waals surface area (Å²) in [5.41, 5.74) is -0.447. The molecule has 0 amide bonds. The molecule has 1 aromatic carbocycles. The van der Waals surface area contributed by atoms with Gasteiger partial charge >= 0.3 is 5.97 Å². The van der Waals surface area contributed by atoms with Crippen LogP contribution in [0.3, 0.4) is 0 Å². The molecule has 0 spiro atoms. The van der Waals surface area contributed by atoms with Gasteiger partial charge in [0.2, 0.25) is 0 Å². The summed E-state index contributed by atoms with van der Waals surface area (Å²) in [6.07, 6.45) is 0. The Morgan fingerprint density at radius 1 is 1.26 bits per heavy atom. The lowest BCUT2D eigenvalue weighted by Crippen LogP contribution is -2.51. The van der Waals surface area contributed by atoms with Crippen molar-refractivity contribution in [3.05, 3.63) is 35.4 Å². The molecule has 104 valence electrons. The third-order valence-corrected chi connectivity index (χ3v) is 4.57.